The first-order valence-corrected chi connectivity index (χ1v) is 4.95. The average molecular weight is 192 g/mol. The zero-order valence-corrected chi connectivity index (χ0v) is 8.63. The second-order valence-electron chi connectivity index (χ2n) is 3.66. The third-order valence-corrected chi connectivity index (χ3v) is 2.47. The summed E-state index contributed by atoms with van der Waals surface area (Å²) >= 11 is 0. The zero-order chi connectivity index (χ0) is 9.97. The highest BCUT2D eigenvalue weighted by Gasteiger charge is 2.18. The van der Waals surface area contributed by atoms with E-state index in [-0.39, 0.29) is 0 Å². The third-order valence-electron chi connectivity index (χ3n) is 2.47. The number of likely N-dealkylation sites (N-methyl/N-ethyl adjacent to an activating group) is 1. The van der Waals surface area contributed by atoms with Crippen molar-refractivity contribution in [2.75, 3.05) is 25.5 Å². The number of rotatable bonds is 2. The van der Waals surface area contributed by atoms with E-state index in [0.717, 1.165) is 24.6 Å². The third kappa shape index (κ3) is 1.68. The molecule has 1 heterocycles. The first kappa shape index (κ1) is 9.34. The second kappa shape index (κ2) is 3.88. The van der Waals surface area contributed by atoms with Crippen LogP contribution >= 0.6 is 0 Å². The van der Waals surface area contributed by atoms with E-state index in [0.29, 0.717) is 6.04 Å². The minimum Gasteiger partial charge on any atom is -0.489 e. The SMILES string of the molecule is CNCC1COc2cccc(C)c2N1. The fraction of sp³-hybridized carbons (Fsp3) is 0.455. The Hall–Kier alpha value is -1.22. The molecule has 2 N–H and O–H groups in total. The van der Waals surface area contributed by atoms with Gasteiger partial charge < -0.3 is 15.4 Å². The Labute approximate surface area is 84.5 Å². The Morgan fingerprint density at radius 2 is 2.43 bits per heavy atom. The Morgan fingerprint density at radius 1 is 1.57 bits per heavy atom. The van der Waals surface area contributed by atoms with Gasteiger partial charge in [0.25, 0.3) is 0 Å². The lowest BCUT2D eigenvalue weighted by molar-refractivity contribution is 0.282. The van der Waals surface area contributed by atoms with Crippen LogP contribution in [0.1, 0.15) is 5.56 Å². The van der Waals surface area contributed by atoms with Crippen LogP contribution in [0.4, 0.5) is 5.69 Å². The van der Waals surface area contributed by atoms with Crippen molar-refractivity contribution in [1.82, 2.24) is 5.32 Å². The molecular weight excluding hydrogens is 176 g/mol. The number of hydrogen-bond donors (Lipinski definition) is 2. The fourth-order valence-corrected chi connectivity index (χ4v) is 1.74. The summed E-state index contributed by atoms with van der Waals surface area (Å²) in [6, 6.07) is 6.49. The Bertz CT molecular complexity index is 325. The van der Waals surface area contributed by atoms with Gasteiger partial charge in [-0.15, -0.1) is 0 Å². The van der Waals surface area contributed by atoms with Crippen molar-refractivity contribution in [2.45, 2.75) is 13.0 Å². The van der Waals surface area contributed by atoms with E-state index in [4.69, 9.17) is 4.74 Å². The van der Waals surface area contributed by atoms with E-state index < -0.39 is 0 Å². The number of anilines is 1. The van der Waals surface area contributed by atoms with Crippen LogP contribution in [0.5, 0.6) is 5.75 Å². The van der Waals surface area contributed by atoms with E-state index in [2.05, 4.69) is 23.6 Å². The molecule has 1 atom stereocenters. The van der Waals surface area contributed by atoms with Gasteiger partial charge in [-0.05, 0) is 25.6 Å². The maximum Gasteiger partial charge on any atom is 0.142 e. The molecule has 0 radical (unpaired) electrons. The van der Waals surface area contributed by atoms with Crippen LogP contribution in [0.15, 0.2) is 18.2 Å². The molecule has 0 aliphatic carbocycles. The molecule has 2 rings (SSSR count). The van der Waals surface area contributed by atoms with Crippen LogP contribution in [0.2, 0.25) is 0 Å². The molecule has 14 heavy (non-hydrogen) atoms. The molecule has 1 aromatic rings. The molecule has 1 aromatic carbocycles. The molecule has 1 unspecified atom stereocenters. The van der Waals surface area contributed by atoms with Gasteiger partial charge in [0.15, 0.2) is 0 Å². The molecule has 1 aliphatic heterocycles. The number of hydrogen-bond acceptors (Lipinski definition) is 3. The summed E-state index contributed by atoms with van der Waals surface area (Å²) in [5.41, 5.74) is 2.38. The predicted molar refractivity (Wildman–Crippen MR) is 58.0 cm³/mol. The molecule has 3 nitrogen and oxygen atoms in total. The lowest BCUT2D eigenvalue weighted by Crippen LogP contribution is -2.39. The van der Waals surface area contributed by atoms with Crippen molar-refractivity contribution in [3.63, 3.8) is 0 Å². The number of benzene rings is 1. The van der Waals surface area contributed by atoms with Gasteiger partial charge in [0, 0.05) is 6.54 Å². The van der Waals surface area contributed by atoms with Gasteiger partial charge in [-0.1, -0.05) is 12.1 Å². The Morgan fingerprint density at radius 3 is 3.21 bits per heavy atom. The summed E-state index contributed by atoms with van der Waals surface area (Å²) in [5, 5.41) is 6.62. The molecular formula is C11H16N2O. The smallest absolute Gasteiger partial charge is 0.142 e. The molecule has 0 saturated heterocycles. The van der Waals surface area contributed by atoms with Crippen LogP contribution in [-0.4, -0.2) is 26.2 Å². The van der Waals surface area contributed by atoms with Crippen molar-refractivity contribution >= 4 is 5.69 Å². The Balaban J connectivity index is 2.20. The summed E-state index contributed by atoms with van der Waals surface area (Å²) in [5.74, 6) is 0.970. The highest BCUT2D eigenvalue weighted by molar-refractivity contribution is 5.63. The van der Waals surface area contributed by atoms with Crippen molar-refractivity contribution in [2.24, 2.45) is 0 Å². The van der Waals surface area contributed by atoms with Crippen LogP contribution in [0.25, 0.3) is 0 Å². The summed E-state index contributed by atoms with van der Waals surface area (Å²) in [6.45, 7) is 3.75. The largest absolute Gasteiger partial charge is 0.489 e. The van der Waals surface area contributed by atoms with Gasteiger partial charge in [0.05, 0.1) is 11.7 Å². The van der Waals surface area contributed by atoms with Gasteiger partial charge in [-0.25, -0.2) is 0 Å². The quantitative estimate of drug-likeness (QED) is 0.743. The molecule has 3 heteroatoms. The number of para-hydroxylation sites is 1. The average Bonchev–Trinajstić information content (AvgIpc) is 2.20. The molecule has 1 aliphatic rings. The number of aryl methyl sites for hydroxylation is 1. The van der Waals surface area contributed by atoms with E-state index in [1.54, 1.807) is 0 Å². The summed E-state index contributed by atoms with van der Waals surface area (Å²) in [4.78, 5) is 0. The van der Waals surface area contributed by atoms with E-state index in [9.17, 15) is 0 Å². The lowest BCUT2D eigenvalue weighted by atomic mass is 10.1. The molecule has 0 fully saturated rings. The zero-order valence-electron chi connectivity index (χ0n) is 8.63. The normalized spacial score (nSPS) is 19.4. The van der Waals surface area contributed by atoms with Gasteiger partial charge in [0.2, 0.25) is 0 Å². The maximum atomic E-state index is 5.67. The highest BCUT2D eigenvalue weighted by Crippen LogP contribution is 2.31. The lowest BCUT2D eigenvalue weighted by Gasteiger charge is -2.28. The van der Waals surface area contributed by atoms with Crippen molar-refractivity contribution < 1.29 is 4.74 Å². The molecule has 76 valence electrons. The number of fused-ring (bicyclic) bond motifs is 1. The topological polar surface area (TPSA) is 33.3 Å². The van der Waals surface area contributed by atoms with Gasteiger partial charge in [0.1, 0.15) is 12.4 Å². The van der Waals surface area contributed by atoms with Crippen LogP contribution in [-0.2, 0) is 0 Å². The molecule has 0 amide bonds. The second-order valence-corrected chi connectivity index (χ2v) is 3.66. The Kier molecular flexibility index (Phi) is 2.59. The van der Waals surface area contributed by atoms with E-state index in [1.165, 1.54) is 5.56 Å². The molecule has 0 aromatic heterocycles. The first-order valence-electron chi connectivity index (χ1n) is 4.95. The summed E-state index contributed by atoms with van der Waals surface area (Å²) in [7, 11) is 1.95. The van der Waals surface area contributed by atoms with Crippen LogP contribution in [0.3, 0.4) is 0 Å². The standard InChI is InChI=1S/C11H16N2O/c1-8-4-3-5-10-11(8)13-9(6-12-2)7-14-10/h3-5,9,12-13H,6-7H2,1-2H3. The fourth-order valence-electron chi connectivity index (χ4n) is 1.74. The minimum absolute atomic E-state index is 0.369. The summed E-state index contributed by atoms with van der Waals surface area (Å²) < 4.78 is 5.67. The van der Waals surface area contributed by atoms with E-state index in [1.807, 2.05) is 19.2 Å². The van der Waals surface area contributed by atoms with E-state index >= 15 is 0 Å². The van der Waals surface area contributed by atoms with Crippen molar-refractivity contribution in [3.8, 4) is 5.75 Å². The minimum atomic E-state index is 0.369. The van der Waals surface area contributed by atoms with Crippen LogP contribution in [0, 0.1) is 6.92 Å². The summed E-state index contributed by atoms with van der Waals surface area (Å²) in [6.07, 6.45) is 0. The molecule has 0 saturated carbocycles. The van der Waals surface area contributed by atoms with Crippen molar-refractivity contribution in [3.05, 3.63) is 23.8 Å². The number of ether oxygens (including phenoxy) is 1. The van der Waals surface area contributed by atoms with Gasteiger partial charge in [-0.2, -0.15) is 0 Å². The predicted octanol–water partition coefficient (Wildman–Crippen LogP) is 1.39. The van der Waals surface area contributed by atoms with Gasteiger partial charge >= 0.3 is 0 Å². The number of nitrogens with one attached hydrogen (secondary N) is 2. The van der Waals surface area contributed by atoms with Crippen molar-refractivity contribution in [1.29, 1.82) is 0 Å². The monoisotopic (exact) mass is 192 g/mol. The maximum absolute atomic E-state index is 5.67. The van der Waals surface area contributed by atoms with Crippen LogP contribution < -0.4 is 15.4 Å². The molecule has 0 spiro atoms. The first-order chi connectivity index (χ1) is 6.81. The molecule has 0 bridgehead atoms. The highest BCUT2D eigenvalue weighted by atomic mass is 16.5. The van der Waals surface area contributed by atoms with Gasteiger partial charge in [-0.3, -0.25) is 0 Å².